The molecule has 0 bridgehead atoms. The van der Waals surface area contributed by atoms with E-state index in [0.29, 0.717) is 10.2 Å². The van der Waals surface area contributed by atoms with Gasteiger partial charge in [0.15, 0.2) is 0 Å². The highest BCUT2D eigenvalue weighted by molar-refractivity contribution is 8.05. The SMILES string of the molecule is COc1ccc(S(=O)(=O)c2ccc(C)cc2)cc1S(=O)(=O)NS(=O)(=O)C(F)(F)F. The van der Waals surface area contributed by atoms with Crippen molar-refractivity contribution in [2.24, 2.45) is 0 Å². The average molecular weight is 473 g/mol. The van der Waals surface area contributed by atoms with Crippen molar-refractivity contribution in [3.05, 3.63) is 48.0 Å². The summed E-state index contributed by atoms with van der Waals surface area (Å²) < 4.78 is 115. The molecule has 0 spiro atoms. The Balaban J connectivity index is 2.64. The van der Waals surface area contributed by atoms with Crippen LogP contribution in [0.25, 0.3) is 0 Å². The van der Waals surface area contributed by atoms with Gasteiger partial charge in [0.2, 0.25) is 9.84 Å². The van der Waals surface area contributed by atoms with E-state index in [0.717, 1.165) is 24.8 Å². The number of rotatable bonds is 6. The van der Waals surface area contributed by atoms with E-state index in [1.54, 1.807) is 6.92 Å². The minimum absolute atomic E-state index is 0.201. The van der Waals surface area contributed by atoms with Crippen LogP contribution >= 0.6 is 0 Å². The Morgan fingerprint density at radius 2 is 1.38 bits per heavy atom. The van der Waals surface area contributed by atoms with Crippen molar-refractivity contribution < 1.29 is 43.2 Å². The molecule has 2 rings (SSSR count). The van der Waals surface area contributed by atoms with Crippen molar-refractivity contribution in [1.29, 1.82) is 0 Å². The highest BCUT2D eigenvalue weighted by atomic mass is 32.3. The van der Waals surface area contributed by atoms with Gasteiger partial charge in [-0.2, -0.15) is 13.2 Å². The fourth-order valence-corrected chi connectivity index (χ4v) is 6.08. The number of alkyl halides is 3. The Morgan fingerprint density at radius 3 is 1.86 bits per heavy atom. The average Bonchev–Trinajstić information content (AvgIpc) is 2.59. The number of sulfonamides is 2. The van der Waals surface area contributed by atoms with Gasteiger partial charge in [0.1, 0.15) is 10.6 Å². The highest BCUT2D eigenvalue weighted by Crippen LogP contribution is 2.31. The Hall–Kier alpha value is -2.16. The maximum absolute atomic E-state index is 12.7. The largest absolute Gasteiger partial charge is 0.512 e. The van der Waals surface area contributed by atoms with Crippen LogP contribution < -0.4 is 8.86 Å². The van der Waals surface area contributed by atoms with Gasteiger partial charge in [0, 0.05) is 0 Å². The van der Waals surface area contributed by atoms with Crippen molar-refractivity contribution in [2.45, 2.75) is 27.1 Å². The molecule has 0 heterocycles. The second-order valence-electron chi connectivity index (χ2n) is 5.67. The second kappa shape index (κ2) is 7.59. The number of aryl methyl sites for hydroxylation is 1. The van der Waals surface area contributed by atoms with E-state index in [2.05, 4.69) is 0 Å². The van der Waals surface area contributed by atoms with Crippen LogP contribution in [0.4, 0.5) is 13.2 Å². The maximum Gasteiger partial charge on any atom is 0.512 e. The Labute approximate surface area is 165 Å². The predicted octanol–water partition coefficient (Wildman–Crippen LogP) is 1.96. The van der Waals surface area contributed by atoms with Crippen LogP contribution in [-0.4, -0.2) is 37.9 Å². The summed E-state index contributed by atoms with van der Waals surface area (Å²) in [6, 6.07) is 7.88. The van der Waals surface area contributed by atoms with Gasteiger partial charge in [-0.15, -0.1) is 0 Å². The number of ether oxygens (including phenoxy) is 1. The Bertz CT molecular complexity index is 1240. The summed E-state index contributed by atoms with van der Waals surface area (Å²) in [6.07, 6.45) is 0. The number of hydrogen-bond donors (Lipinski definition) is 1. The van der Waals surface area contributed by atoms with E-state index in [1.165, 1.54) is 24.3 Å². The van der Waals surface area contributed by atoms with E-state index in [4.69, 9.17) is 4.74 Å². The summed E-state index contributed by atoms with van der Waals surface area (Å²) >= 11 is 0. The molecule has 0 aliphatic heterocycles. The van der Waals surface area contributed by atoms with Crippen molar-refractivity contribution in [2.75, 3.05) is 7.11 Å². The molecule has 0 unspecified atom stereocenters. The van der Waals surface area contributed by atoms with Gasteiger partial charge in [-0.25, -0.2) is 25.3 Å². The first-order valence-electron chi connectivity index (χ1n) is 7.46. The molecule has 0 aliphatic rings. The number of hydrogen-bond acceptors (Lipinski definition) is 7. The number of halogens is 3. The smallest absolute Gasteiger partial charge is 0.495 e. The van der Waals surface area contributed by atoms with Crippen molar-refractivity contribution in [3.8, 4) is 5.75 Å². The fraction of sp³-hybridized carbons (Fsp3) is 0.200. The van der Waals surface area contributed by atoms with Crippen LogP contribution in [0.15, 0.2) is 57.2 Å². The lowest BCUT2D eigenvalue weighted by molar-refractivity contribution is -0.0441. The third-order valence-electron chi connectivity index (χ3n) is 3.59. The molecule has 0 aliphatic carbocycles. The van der Waals surface area contributed by atoms with E-state index in [-0.39, 0.29) is 4.90 Å². The van der Waals surface area contributed by atoms with Crippen LogP contribution in [-0.2, 0) is 29.9 Å². The maximum atomic E-state index is 12.7. The first kappa shape index (κ1) is 23.1. The lowest BCUT2D eigenvalue weighted by Crippen LogP contribution is -2.40. The van der Waals surface area contributed by atoms with Crippen LogP contribution in [0.3, 0.4) is 0 Å². The normalized spacial score (nSPS) is 13.3. The van der Waals surface area contributed by atoms with Gasteiger partial charge in [0.05, 0.1) is 16.9 Å². The quantitative estimate of drug-likeness (QED) is 0.680. The lowest BCUT2D eigenvalue weighted by Gasteiger charge is -2.14. The molecule has 0 saturated heterocycles. The summed E-state index contributed by atoms with van der Waals surface area (Å²) in [6.45, 7) is 1.71. The lowest BCUT2D eigenvalue weighted by atomic mass is 10.2. The summed E-state index contributed by atoms with van der Waals surface area (Å²) in [5.41, 5.74) is -5.15. The molecule has 2 aromatic carbocycles. The van der Waals surface area contributed by atoms with Crippen LogP contribution in [0.1, 0.15) is 5.56 Å². The Morgan fingerprint density at radius 1 is 0.862 bits per heavy atom. The van der Waals surface area contributed by atoms with Gasteiger partial charge in [-0.1, -0.05) is 21.8 Å². The monoisotopic (exact) mass is 473 g/mol. The first-order valence-corrected chi connectivity index (χ1v) is 11.9. The highest BCUT2D eigenvalue weighted by Gasteiger charge is 2.49. The zero-order chi connectivity index (χ0) is 22.3. The van der Waals surface area contributed by atoms with Crippen molar-refractivity contribution >= 4 is 29.9 Å². The molecule has 2 aromatic rings. The van der Waals surface area contributed by atoms with Gasteiger partial charge >= 0.3 is 15.5 Å². The molecule has 0 fully saturated rings. The standard InChI is InChI=1S/C15H14F3NO7S3/c1-10-3-5-11(6-4-10)27(20,21)12-7-8-13(26-2)14(9-12)28(22,23)19-29(24,25)15(16,17)18/h3-9,19H,1-2H3. The molecule has 29 heavy (non-hydrogen) atoms. The first-order chi connectivity index (χ1) is 13.1. The van der Waals surface area contributed by atoms with Crippen LogP contribution in [0, 0.1) is 6.92 Å². The molecular formula is C15H14F3NO7S3. The van der Waals surface area contributed by atoms with Gasteiger partial charge < -0.3 is 4.74 Å². The number of nitrogens with one attached hydrogen (secondary N) is 1. The third-order valence-corrected chi connectivity index (χ3v) is 8.62. The molecule has 0 aromatic heterocycles. The van der Waals surface area contributed by atoms with E-state index in [1.807, 2.05) is 0 Å². The minimum atomic E-state index is -6.28. The minimum Gasteiger partial charge on any atom is -0.495 e. The van der Waals surface area contributed by atoms with E-state index < -0.39 is 50.9 Å². The van der Waals surface area contributed by atoms with Crippen LogP contribution in [0.2, 0.25) is 0 Å². The zero-order valence-corrected chi connectivity index (χ0v) is 17.2. The summed E-state index contributed by atoms with van der Waals surface area (Å²) in [5, 5.41) is 0. The third kappa shape index (κ3) is 4.71. The summed E-state index contributed by atoms with van der Waals surface area (Å²) in [7, 11) is -14.9. The van der Waals surface area contributed by atoms with E-state index >= 15 is 0 Å². The molecule has 0 saturated carbocycles. The fourth-order valence-electron chi connectivity index (χ4n) is 2.12. The van der Waals surface area contributed by atoms with Crippen molar-refractivity contribution in [3.63, 3.8) is 0 Å². The number of benzene rings is 2. The molecule has 1 N–H and O–H groups in total. The molecule has 0 amide bonds. The number of methoxy groups -OCH3 is 1. The molecule has 0 radical (unpaired) electrons. The van der Waals surface area contributed by atoms with E-state index in [9.17, 15) is 38.4 Å². The Kier molecular flexibility index (Phi) is 6.05. The molecule has 0 atom stereocenters. The predicted molar refractivity (Wildman–Crippen MR) is 94.9 cm³/mol. The van der Waals surface area contributed by atoms with Crippen LogP contribution in [0.5, 0.6) is 5.75 Å². The zero-order valence-electron chi connectivity index (χ0n) is 14.8. The topological polar surface area (TPSA) is 124 Å². The number of sulfone groups is 1. The van der Waals surface area contributed by atoms with Gasteiger partial charge in [-0.05, 0) is 37.3 Å². The molecule has 8 nitrogen and oxygen atoms in total. The summed E-state index contributed by atoms with van der Waals surface area (Å²) in [4.78, 5) is -1.89. The summed E-state index contributed by atoms with van der Waals surface area (Å²) in [5.74, 6) is -0.558. The van der Waals surface area contributed by atoms with Crippen molar-refractivity contribution in [1.82, 2.24) is 4.13 Å². The van der Waals surface area contributed by atoms with Gasteiger partial charge in [0.25, 0.3) is 10.0 Å². The molecular weight excluding hydrogens is 459 g/mol. The second-order valence-corrected chi connectivity index (χ2v) is 11.2. The molecule has 160 valence electrons. The molecule has 14 heteroatoms. The van der Waals surface area contributed by atoms with Gasteiger partial charge in [-0.3, -0.25) is 0 Å².